The van der Waals surface area contributed by atoms with Crippen LogP contribution >= 0.6 is 12.4 Å². The SMILES string of the molecule is CC(=O)N1c2ccc(-c3ccc(N4CCNCC4)nc3)cc2[C@@H](NC(=O)OC(C)C)C[C@H]1C.Cl. The van der Waals surface area contributed by atoms with Crippen molar-refractivity contribution in [3.63, 3.8) is 0 Å². The third-order valence-corrected chi connectivity index (χ3v) is 6.18. The highest BCUT2D eigenvalue weighted by Gasteiger charge is 2.33. The van der Waals surface area contributed by atoms with Gasteiger partial charge in [0.25, 0.3) is 0 Å². The van der Waals surface area contributed by atoms with Crippen LogP contribution in [0.3, 0.4) is 0 Å². The molecule has 0 saturated carbocycles. The van der Waals surface area contributed by atoms with E-state index in [-0.39, 0.29) is 36.5 Å². The molecule has 2 aliphatic heterocycles. The molecule has 1 saturated heterocycles. The van der Waals surface area contributed by atoms with Crippen molar-refractivity contribution in [3.8, 4) is 11.1 Å². The van der Waals surface area contributed by atoms with Crippen LogP contribution in [-0.2, 0) is 9.53 Å². The molecule has 0 bridgehead atoms. The number of benzene rings is 1. The van der Waals surface area contributed by atoms with E-state index in [1.807, 2.05) is 39.1 Å². The molecular formula is C25H34ClN5O3. The lowest BCUT2D eigenvalue weighted by atomic mass is 9.89. The number of halogens is 1. The number of piperazine rings is 1. The number of ether oxygens (including phenoxy) is 1. The zero-order valence-electron chi connectivity index (χ0n) is 20.2. The topological polar surface area (TPSA) is 86.8 Å². The fourth-order valence-corrected chi connectivity index (χ4v) is 4.69. The van der Waals surface area contributed by atoms with Crippen LogP contribution in [0.4, 0.5) is 16.3 Å². The molecule has 3 heterocycles. The molecule has 184 valence electrons. The number of pyridine rings is 1. The summed E-state index contributed by atoms with van der Waals surface area (Å²) in [5.41, 5.74) is 3.72. The number of aromatic nitrogens is 1. The molecule has 2 amide bonds. The summed E-state index contributed by atoms with van der Waals surface area (Å²) in [5, 5.41) is 6.36. The zero-order chi connectivity index (χ0) is 23.5. The molecule has 2 aromatic rings. The molecule has 0 aliphatic carbocycles. The van der Waals surface area contributed by atoms with Gasteiger partial charge in [-0.3, -0.25) is 4.79 Å². The number of amides is 2. The minimum Gasteiger partial charge on any atom is -0.447 e. The third-order valence-electron chi connectivity index (χ3n) is 6.18. The van der Waals surface area contributed by atoms with Crippen molar-refractivity contribution in [2.24, 2.45) is 0 Å². The second-order valence-corrected chi connectivity index (χ2v) is 9.04. The lowest BCUT2D eigenvalue weighted by Gasteiger charge is -2.39. The largest absolute Gasteiger partial charge is 0.447 e. The monoisotopic (exact) mass is 487 g/mol. The van der Waals surface area contributed by atoms with Gasteiger partial charge >= 0.3 is 6.09 Å². The molecule has 2 atom stereocenters. The molecule has 0 unspecified atom stereocenters. The van der Waals surface area contributed by atoms with Crippen molar-refractivity contribution in [3.05, 3.63) is 42.1 Å². The maximum absolute atomic E-state index is 12.4. The van der Waals surface area contributed by atoms with E-state index >= 15 is 0 Å². The summed E-state index contributed by atoms with van der Waals surface area (Å²) in [6, 6.07) is 9.89. The van der Waals surface area contributed by atoms with Crippen molar-refractivity contribution in [2.75, 3.05) is 36.0 Å². The summed E-state index contributed by atoms with van der Waals surface area (Å²) in [6.07, 6.45) is 1.86. The first-order valence-electron chi connectivity index (χ1n) is 11.7. The Morgan fingerprint density at radius 2 is 1.85 bits per heavy atom. The number of hydrogen-bond acceptors (Lipinski definition) is 6. The number of hydrogen-bond donors (Lipinski definition) is 2. The highest BCUT2D eigenvalue weighted by Crippen LogP contribution is 2.39. The first kappa shape index (κ1) is 25.8. The first-order chi connectivity index (χ1) is 15.8. The molecule has 0 spiro atoms. The van der Waals surface area contributed by atoms with Crippen LogP contribution in [0.15, 0.2) is 36.5 Å². The average molecular weight is 488 g/mol. The number of fused-ring (bicyclic) bond motifs is 1. The van der Waals surface area contributed by atoms with E-state index in [2.05, 4.69) is 33.7 Å². The van der Waals surface area contributed by atoms with Gasteiger partial charge in [0.15, 0.2) is 0 Å². The van der Waals surface area contributed by atoms with E-state index in [4.69, 9.17) is 9.72 Å². The predicted molar refractivity (Wildman–Crippen MR) is 137 cm³/mol. The Morgan fingerprint density at radius 1 is 1.15 bits per heavy atom. The van der Waals surface area contributed by atoms with Crippen molar-refractivity contribution in [1.82, 2.24) is 15.6 Å². The number of carbonyl (C=O) groups is 2. The van der Waals surface area contributed by atoms with Gasteiger partial charge in [-0.15, -0.1) is 12.4 Å². The van der Waals surface area contributed by atoms with Crippen LogP contribution < -0.4 is 20.4 Å². The number of nitrogens with zero attached hydrogens (tertiary/aromatic N) is 3. The van der Waals surface area contributed by atoms with Gasteiger partial charge in [0.1, 0.15) is 5.82 Å². The normalized spacial score (nSPS) is 19.8. The Kier molecular flexibility index (Phi) is 8.38. The van der Waals surface area contributed by atoms with Gasteiger partial charge in [-0.1, -0.05) is 6.07 Å². The summed E-state index contributed by atoms with van der Waals surface area (Å²) in [5.74, 6) is 0.965. The Bertz CT molecular complexity index is 1010. The Balaban J connectivity index is 0.00000324. The van der Waals surface area contributed by atoms with Crippen molar-refractivity contribution < 1.29 is 14.3 Å². The maximum atomic E-state index is 12.4. The van der Waals surface area contributed by atoms with E-state index in [0.717, 1.165) is 54.4 Å². The smallest absolute Gasteiger partial charge is 0.407 e. The lowest BCUT2D eigenvalue weighted by molar-refractivity contribution is -0.117. The van der Waals surface area contributed by atoms with E-state index < -0.39 is 6.09 Å². The Morgan fingerprint density at radius 3 is 2.47 bits per heavy atom. The molecule has 1 aromatic heterocycles. The quantitative estimate of drug-likeness (QED) is 0.680. The van der Waals surface area contributed by atoms with Gasteiger partial charge in [-0.2, -0.15) is 0 Å². The van der Waals surface area contributed by atoms with E-state index in [0.29, 0.717) is 6.42 Å². The van der Waals surface area contributed by atoms with Gasteiger partial charge in [-0.25, -0.2) is 9.78 Å². The second-order valence-electron chi connectivity index (χ2n) is 9.04. The van der Waals surface area contributed by atoms with E-state index in [1.54, 1.807) is 11.8 Å². The average Bonchev–Trinajstić information content (AvgIpc) is 2.79. The number of alkyl carbamates (subject to hydrolysis) is 1. The van der Waals surface area contributed by atoms with Crippen LogP contribution in [-0.4, -0.2) is 55.3 Å². The molecule has 34 heavy (non-hydrogen) atoms. The van der Waals surface area contributed by atoms with Gasteiger partial charge in [0.05, 0.1) is 12.1 Å². The zero-order valence-corrected chi connectivity index (χ0v) is 21.0. The molecule has 2 N–H and O–H groups in total. The molecule has 4 rings (SSSR count). The fourth-order valence-electron chi connectivity index (χ4n) is 4.69. The van der Waals surface area contributed by atoms with Crippen molar-refractivity contribution in [2.45, 2.75) is 52.3 Å². The standard InChI is InChI=1S/C25H33N5O3.ClH/c1-16(2)33-25(32)28-22-13-17(3)30(18(4)31)23-7-5-19(14-21(22)23)20-6-8-24(27-15-20)29-11-9-26-10-12-29;/h5-8,14-17,22,26H,9-13H2,1-4H3,(H,28,32);1H/t17-,22+;/m1./s1. The van der Waals surface area contributed by atoms with Gasteiger partial charge < -0.3 is 25.2 Å². The molecule has 8 nitrogen and oxygen atoms in total. The predicted octanol–water partition coefficient (Wildman–Crippen LogP) is 3.90. The summed E-state index contributed by atoms with van der Waals surface area (Å²) >= 11 is 0. The number of carbonyl (C=O) groups excluding carboxylic acids is 2. The highest BCUT2D eigenvalue weighted by molar-refractivity contribution is 5.94. The van der Waals surface area contributed by atoms with Crippen LogP contribution in [0.2, 0.25) is 0 Å². The summed E-state index contributed by atoms with van der Waals surface area (Å²) in [4.78, 5) is 33.5. The highest BCUT2D eigenvalue weighted by atomic mass is 35.5. The summed E-state index contributed by atoms with van der Waals surface area (Å²) in [7, 11) is 0. The molecule has 1 fully saturated rings. The Labute approximate surface area is 207 Å². The molecule has 2 aliphatic rings. The van der Waals surface area contributed by atoms with Crippen LogP contribution in [0, 0.1) is 0 Å². The van der Waals surface area contributed by atoms with Gasteiger partial charge in [0, 0.05) is 56.6 Å². The molecular weight excluding hydrogens is 454 g/mol. The van der Waals surface area contributed by atoms with E-state index in [1.165, 1.54) is 0 Å². The third kappa shape index (κ3) is 5.62. The van der Waals surface area contributed by atoms with Crippen LogP contribution in [0.5, 0.6) is 0 Å². The van der Waals surface area contributed by atoms with Crippen LogP contribution in [0.1, 0.15) is 45.7 Å². The maximum Gasteiger partial charge on any atom is 0.407 e. The Hall–Kier alpha value is -2.84. The lowest BCUT2D eigenvalue weighted by Crippen LogP contribution is -2.45. The van der Waals surface area contributed by atoms with Crippen LogP contribution in [0.25, 0.3) is 11.1 Å². The van der Waals surface area contributed by atoms with Crippen molar-refractivity contribution >= 4 is 35.9 Å². The second kappa shape index (κ2) is 11.1. The molecule has 9 heteroatoms. The number of anilines is 2. The summed E-state index contributed by atoms with van der Waals surface area (Å²) in [6.45, 7) is 11.1. The first-order valence-corrected chi connectivity index (χ1v) is 11.7. The minimum absolute atomic E-state index is 0. The molecule has 0 radical (unpaired) electrons. The van der Waals surface area contributed by atoms with Gasteiger partial charge in [0.2, 0.25) is 5.91 Å². The van der Waals surface area contributed by atoms with Crippen molar-refractivity contribution in [1.29, 1.82) is 0 Å². The summed E-state index contributed by atoms with van der Waals surface area (Å²) < 4.78 is 5.31. The number of rotatable bonds is 4. The van der Waals surface area contributed by atoms with Gasteiger partial charge in [-0.05, 0) is 62.6 Å². The van der Waals surface area contributed by atoms with E-state index in [9.17, 15) is 9.59 Å². The fraction of sp³-hybridized carbons (Fsp3) is 0.480. The number of nitrogens with one attached hydrogen (secondary N) is 2. The molecule has 1 aromatic carbocycles. The minimum atomic E-state index is -0.447.